The van der Waals surface area contributed by atoms with Crippen LogP contribution in [0.25, 0.3) is 10.2 Å². The highest BCUT2D eigenvalue weighted by atomic mass is 32.2. The van der Waals surface area contributed by atoms with Gasteiger partial charge in [-0.3, -0.25) is 4.99 Å². The van der Waals surface area contributed by atoms with Crippen molar-refractivity contribution in [3.8, 4) is 5.75 Å². The van der Waals surface area contributed by atoms with Crippen LogP contribution in [0.3, 0.4) is 0 Å². The highest BCUT2D eigenvalue weighted by Crippen LogP contribution is 2.31. The first-order valence-electron chi connectivity index (χ1n) is 5.58. The number of methoxy groups -OCH3 is 1. The van der Waals surface area contributed by atoms with Gasteiger partial charge in [-0.25, -0.2) is 4.98 Å². The summed E-state index contributed by atoms with van der Waals surface area (Å²) in [6.45, 7) is 0. The summed E-state index contributed by atoms with van der Waals surface area (Å²) in [5.74, 6) is 0.699. The predicted octanol–water partition coefficient (Wildman–Crippen LogP) is 1.42. The molecule has 5 nitrogen and oxygen atoms in total. The molecular formula is C12H11N2O3S2+. The minimum absolute atomic E-state index is 0.539. The van der Waals surface area contributed by atoms with Gasteiger partial charge in [0, 0.05) is 10.5 Å². The quantitative estimate of drug-likeness (QED) is 0.803. The molecule has 1 aromatic heterocycles. The SMILES string of the molecule is COc1ccc2nc(C3=NC(C(=O)[OH2+])CS3)sc2c1. The Hall–Kier alpha value is -1.60. The van der Waals surface area contributed by atoms with E-state index in [1.807, 2.05) is 18.2 Å². The van der Waals surface area contributed by atoms with E-state index in [0.717, 1.165) is 26.0 Å². The second-order valence-corrected chi connectivity index (χ2v) is 6.02. The summed E-state index contributed by atoms with van der Waals surface area (Å²) in [7, 11) is 1.63. The molecule has 2 N–H and O–H groups in total. The van der Waals surface area contributed by atoms with Crippen molar-refractivity contribution in [1.82, 2.24) is 4.98 Å². The topological polar surface area (TPSA) is 74.5 Å². The molecule has 2 aromatic rings. The van der Waals surface area contributed by atoms with Crippen LogP contribution >= 0.6 is 23.1 Å². The van der Waals surface area contributed by atoms with Crippen molar-refractivity contribution in [1.29, 1.82) is 0 Å². The number of aromatic nitrogens is 1. The van der Waals surface area contributed by atoms with E-state index in [2.05, 4.69) is 9.98 Å². The number of fused-ring (bicyclic) bond motifs is 1. The van der Waals surface area contributed by atoms with E-state index in [0.29, 0.717) is 5.75 Å². The van der Waals surface area contributed by atoms with Gasteiger partial charge in [-0.05, 0) is 18.2 Å². The van der Waals surface area contributed by atoms with Crippen LogP contribution in [0.4, 0.5) is 0 Å². The zero-order chi connectivity index (χ0) is 13.4. The van der Waals surface area contributed by atoms with Crippen molar-refractivity contribution in [3.05, 3.63) is 23.2 Å². The zero-order valence-electron chi connectivity index (χ0n) is 10.0. The monoisotopic (exact) mass is 295 g/mol. The van der Waals surface area contributed by atoms with Crippen LogP contribution in [0.1, 0.15) is 5.01 Å². The van der Waals surface area contributed by atoms with E-state index < -0.39 is 12.0 Å². The van der Waals surface area contributed by atoms with Gasteiger partial charge in [0.05, 0.1) is 17.3 Å². The molecule has 1 aromatic carbocycles. The van der Waals surface area contributed by atoms with Crippen molar-refractivity contribution in [3.63, 3.8) is 0 Å². The molecule has 0 amide bonds. The van der Waals surface area contributed by atoms with Gasteiger partial charge in [-0.1, -0.05) is 0 Å². The number of rotatable bonds is 3. The largest absolute Gasteiger partial charge is 0.563 e. The van der Waals surface area contributed by atoms with Gasteiger partial charge in [0.1, 0.15) is 15.8 Å². The molecule has 0 aliphatic carbocycles. The number of carbonyl (C=O) groups excluding carboxylic acids is 1. The third kappa shape index (κ3) is 2.31. The zero-order valence-corrected chi connectivity index (χ0v) is 11.7. The van der Waals surface area contributed by atoms with Crippen molar-refractivity contribution in [2.24, 2.45) is 4.99 Å². The van der Waals surface area contributed by atoms with Gasteiger partial charge in [0.15, 0.2) is 0 Å². The van der Waals surface area contributed by atoms with Crippen molar-refractivity contribution >= 4 is 44.3 Å². The molecule has 0 fully saturated rings. The maximum atomic E-state index is 11.0. The van der Waals surface area contributed by atoms with Gasteiger partial charge in [-0.15, -0.1) is 23.1 Å². The van der Waals surface area contributed by atoms with E-state index in [9.17, 15) is 4.79 Å². The molecule has 3 rings (SSSR count). The van der Waals surface area contributed by atoms with Gasteiger partial charge >= 0.3 is 5.97 Å². The lowest BCUT2D eigenvalue weighted by atomic mass is 10.3. The molecule has 0 spiro atoms. The normalized spacial score (nSPS) is 18.6. The average Bonchev–Trinajstić information content (AvgIpc) is 3.04. The van der Waals surface area contributed by atoms with Crippen LogP contribution in [0.2, 0.25) is 0 Å². The van der Waals surface area contributed by atoms with E-state index in [4.69, 9.17) is 9.84 Å². The van der Waals surface area contributed by atoms with Crippen LogP contribution in [0.15, 0.2) is 23.2 Å². The Labute approximate surface area is 117 Å². The maximum Gasteiger partial charge on any atom is 0.541 e. The number of hydrogen-bond acceptors (Lipinski definition) is 6. The molecule has 98 valence electrons. The predicted molar refractivity (Wildman–Crippen MR) is 77.6 cm³/mol. The smallest absolute Gasteiger partial charge is 0.541 e. The number of nitrogens with zero attached hydrogens (tertiary/aromatic N) is 2. The molecule has 1 aliphatic heterocycles. The Kier molecular flexibility index (Phi) is 3.16. The standard InChI is InChI=1S/C12H10N2O3S2/c1-17-6-2-3-7-9(4-6)19-11(13-7)10-14-8(5-18-10)12(15)16/h2-4,8H,5H2,1H3,(H,15,16)/p+1. The summed E-state index contributed by atoms with van der Waals surface area (Å²) in [5.41, 5.74) is 0.893. The van der Waals surface area contributed by atoms with Crippen LogP contribution in [-0.4, -0.2) is 40.0 Å². The molecule has 7 heteroatoms. The first-order chi connectivity index (χ1) is 9.17. The molecule has 0 saturated heterocycles. The van der Waals surface area contributed by atoms with Crippen LogP contribution in [-0.2, 0) is 4.79 Å². The fourth-order valence-corrected chi connectivity index (χ4v) is 3.85. The summed E-state index contributed by atoms with van der Waals surface area (Å²) in [4.78, 5) is 19.7. The first kappa shape index (κ1) is 12.4. The third-order valence-electron chi connectivity index (χ3n) is 2.73. The molecule has 1 unspecified atom stereocenters. The number of thiazole rings is 1. The minimum Gasteiger partial charge on any atom is -0.563 e. The Morgan fingerprint density at radius 1 is 1.53 bits per heavy atom. The number of hydrogen-bond donors (Lipinski definition) is 0. The van der Waals surface area contributed by atoms with Crippen molar-refractivity contribution < 1.29 is 14.6 Å². The summed E-state index contributed by atoms with van der Waals surface area (Å²) < 4.78 is 6.21. The number of aliphatic imine (C=N–C) groups is 1. The Balaban J connectivity index is 1.98. The summed E-state index contributed by atoms with van der Waals surface area (Å²) in [5, 5.41) is 8.65. The fraction of sp³-hybridized carbons (Fsp3) is 0.250. The van der Waals surface area contributed by atoms with E-state index >= 15 is 0 Å². The highest BCUT2D eigenvalue weighted by molar-refractivity contribution is 8.15. The Bertz CT molecular complexity index is 681. The van der Waals surface area contributed by atoms with Gasteiger partial charge in [-0.2, -0.15) is 0 Å². The van der Waals surface area contributed by atoms with Gasteiger partial charge in [0.2, 0.25) is 6.04 Å². The molecule has 2 heterocycles. The van der Waals surface area contributed by atoms with Crippen LogP contribution in [0, 0.1) is 0 Å². The van der Waals surface area contributed by atoms with E-state index in [1.54, 1.807) is 7.11 Å². The van der Waals surface area contributed by atoms with Crippen LogP contribution in [0.5, 0.6) is 5.75 Å². The van der Waals surface area contributed by atoms with E-state index in [-0.39, 0.29) is 0 Å². The van der Waals surface area contributed by atoms with Crippen molar-refractivity contribution in [2.45, 2.75) is 6.04 Å². The Morgan fingerprint density at radius 3 is 3.05 bits per heavy atom. The number of ether oxygens (including phenoxy) is 1. The van der Waals surface area contributed by atoms with Crippen LogP contribution < -0.4 is 4.74 Å². The number of carbonyl (C=O) groups is 1. The highest BCUT2D eigenvalue weighted by Gasteiger charge is 2.31. The van der Waals surface area contributed by atoms with E-state index in [1.165, 1.54) is 23.1 Å². The molecule has 1 atom stereocenters. The summed E-state index contributed by atoms with van der Waals surface area (Å²) >= 11 is 3.01. The molecule has 0 radical (unpaired) electrons. The minimum atomic E-state index is -0.634. The molecule has 0 saturated carbocycles. The lowest BCUT2D eigenvalue weighted by Gasteiger charge is -1.96. The Morgan fingerprint density at radius 2 is 2.37 bits per heavy atom. The maximum absolute atomic E-state index is 11.0. The lowest BCUT2D eigenvalue weighted by molar-refractivity contribution is -0.137. The second-order valence-electron chi connectivity index (χ2n) is 3.98. The molecule has 19 heavy (non-hydrogen) atoms. The number of benzene rings is 1. The summed E-state index contributed by atoms with van der Waals surface area (Å²) in [6, 6.07) is 5.16. The molecule has 1 aliphatic rings. The molecular weight excluding hydrogens is 284 g/mol. The summed E-state index contributed by atoms with van der Waals surface area (Å²) in [6.07, 6.45) is 0. The average molecular weight is 295 g/mol. The third-order valence-corrected chi connectivity index (χ3v) is 4.94. The van der Waals surface area contributed by atoms with Crippen molar-refractivity contribution in [2.75, 3.05) is 12.9 Å². The second kappa shape index (κ2) is 4.82. The van der Waals surface area contributed by atoms with Gasteiger partial charge in [0.25, 0.3) is 0 Å². The fourth-order valence-electron chi connectivity index (χ4n) is 1.75. The number of thioether (sulfide) groups is 1. The lowest BCUT2D eigenvalue weighted by Crippen LogP contribution is -2.17. The van der Waals surface area contributed by atoms with Gasteiger partial charge < -0.3 is 9.84 Å². The molecule has 0 bridgehead atoms. The first-order valence-corrected chi connectivity index (χ1v) is 7.38.